The molecule has 1 aromatic rings. The average molecular weight is 610 g/mol. The summed E-state index contributed by atoms with van der Waals surface area (Å²) in [6, 6.07) is 2.76. The fourth-order valence-electron chi connectivity index (χ4n) is 4.32. The molecule has 0 aliphatic heterocycles. The first-order valence-electron chi connectivity index (χ1n) is 14.9. The van der Waals surface area contributed by atoms with Crippen LogP contribution >= 0.6 is 0 Å². The first kappa shape index (κ1) is 35.7. The lowest BCUT2D eigenvalue weighted by molar-refractivity contribution is -0.139. The summed E-state index contributed by atoms with van der Waals surface area (Å²) in [6.45, 7) is 12.1. The molecule has 12 nitrogen and oxygen atoms in total. The molecule has 242 valence electrons. The van der Waals surface area contributed by atoms with Crippen LogP contribution in [-0.2, 0) is 23.7 Å². The Balaban J connectivity index is 2.34. The minimum atomic E-state index is -1.42. The number of carboxylic acid groups (broad SMARTS) is 1. The lowest BCUT2D eigenvalue weighted by Crippen LogP contribution is -2.38. The standard InChI is InChI=1S/C31H47NO11/c1-8-30(4,5)42-28(36)40-23-16-15-20(18-24(23)41-29(37)43-31(6,7)9-2)22(25(32)26(33)34)17-19(3)38-27(35)39-21-13-11-10-12-14-21/h15-16,18-19,21-22,25H,8-14,17,32H2,1-7H3,(H,33,34)/t19?,22?,25-/m0/s1. The number of benzene rings is 1. The third kappa shape index (κ3) is 11.9. The van der Waals surface area contributed by atoms with Gasteiger partial charge in [-0.25, -0.2) is 14.4 Å². The number of carboxylic acids is 1. The van der Waals surface area contributed by atoms with Crippen LogP contribution in [0.1, 0.15) is 111 Å². The van der Waals surface area contributed by atoms with E-state index in [4.69, 9.17) is 34.2 Å². The van der Waals surface area contributed by atoms with Gasteiger partial charge in [-0.3, -0.25) is 4.79 Å². The fourth-order valence-corrected chi connectivity index (χ4v) is 4.32. The average Bonchev–Trinajstić information content (AvgIpc) is 2.92. The van der Waals surface area contributed by atoms with Gasteiger partial charge in [0.15, 0.2) is 11.5 Å². The summed E-state index contributed by atoms with van der Waals surface area (Å²) in [6.07, 6.45) is 1.74. The van der Waals surface area contributed by atoms with E-state index >= 15 is 0 Å². The van der Waals surface area contributed by atoms with Crippen LogP contribution in [-0.4, -0.2) is 59.0 Å². The van der Waals surface area contributed by atoms with E-state index in [1.807, 2.05) is 13.8 Å². The zero-order valence-electron chi connectivity index (χ0n) is 26.3. The largest absolute Gasteiger partial charge is 0.514 e. The van der Waals surface area contributed by atoms with Crippen LogP contribution in [0.2, 0.25) is 0 Å². The minimum absolute atomic E-state index is 0.00687. The van der Waals surface area contributed by atoms with E-state index in [1.54, 1.807) is 34.6 Å². The van der Waals surface area contributed by atoms with E-state index < -0.39 is 53.7 Å². The normalized spacial score (nSPS) is 16.3. The first-order chi connectivity index (χ1) is 20.1. The van der Waals surface area contributed by atoms with Gasteiger partial charge in [0, 0.05) is 5.92 Å². The molecule has 0 heterocycles. The fraction of sp³-hybridized carbons (Fsp3) is 0.677. The van der Waals surface area contributed by atoms with Gasteiger partial charge in [-0.1, -0.05) is 26.3 Å². The van der Waals surface area contributed by atoms with E-state index in [-0.39, 0.29) is 24.0 Å². The lowest BCUT2D eigenvalue weighted by Gasteiger charge is -2.27. The first-order valence-corrected chi connectivity index (χ1v) is 14.9. The summed E-state index contributed by atoms with van der Waals surface area (Å²) in [5.74, 6) is -2.57. The Kier molecular flexibility index (Phi) is 13.1. The van der Waals surface area contributed by atoms with Crippen LogP contribution < -0.4 is 15.2 Å². The Labute approximate surface area is 253 Å². The number of ether oxygens (including phenoxy) is 6. The van der Waals surface area contributed by atoms with Gasteiger partial charge in [0.25, 0.3) is 0 Å². The van der Waals surface area contributed by atoms with Gasteiger partial charge in [0.05, 0.1) is 0 Å². The van der Waals surface area contributed by atoms with Crippen LogP contribution in [0.4, 0.5) is 14.4 Å². The van der Waals surface area contributed by atoms with Crippen LogP contribution in [0.25, 0.3) is 0 Å². The Morgan fingerprint density at radius 2 is 1.42 bits per heavy atom. The van der Waals surface area contributed by atoms with Gasteiger partial charge in [-0.15, -0.1) is 0 Å². The molecule has 43 heavy (non-hydrogen) atoms. The monoisotopic (exact) mass is 609 g/mol. The Morgan fingerprint density at radius 3 is 1.93 bits per heavy atom. The van der Waals surface area contributed by atoms with E-state index in [0.717, 1.165) is 32.1 Å². The number of nitrogens with two attached hydrogens (primary N) is 1. The van der Waals surface area contributed by atoms with Crippen molar-refractivity contribution in [3.8, 4) is 11.5 Å². The number of carbonyl (C=O) groups is 4. The summed E-state index contributed by atoms with van der Waals surface area (Å²) in [4.78, 5) is 49.6. The third-order valence-corrected chi connectivity index (χ3v) is 7.62. The highest BCUT2D eigenvalue weighted by atomic mass is 16.8. The molecule has 2 rings (SSSR count). The maximum atomic E-state index is 12.7. The molecule has 0 spiro atoms. The lowest BCUT2D eigenvalue weighted by atomic mass is 9.87. The van der Waals surface area contributed by atoms with Crippen molar-refractivity contribution < 1.29 is 52.7 Å². The van der Waals surface area contributed by atoms with Crippen LogP contribution in [0.3, 0.4) is 0 Å². The molecule has 3 N–H and O–H groups in total. The minimum Gasteiger partial charge on any atom is -0.480 e. The van der Waals surface area contributed by atoms with Crippen LogP contribution in [0.15, 0.2) is 18.2 Å². The Hall–Kier alpha value is -3.54. The molecular formula is C31H47NO11. The highest BCUT2D eigenvalue weighted by Crippen LogP contribution is 2.36. The van der Waals surface area contributed by atoms with Gasteiger partial charge >= 0.3 is 24.4 Å². The number of hydrogen-bond donors (Lipinski definition) is 2. The molecular weight excluding hydrogens is 562 g/mol. The van der Waals surface area contributed by atoms with E-state index in [0.29, 0.717) is 18.4 Å². The molecule has 3 atom stereocenters. The third-order valence-electron chi connectivity index (χ3n) is 7.62. The second-order valence-corrected chi connectivity index (χ2v) is 12.1. The summed E-state index contributed by atoms with van der Waals surface area (Å²) in [5, 5.41) is 9.75. The number of carbonyl (C=O) groups excluding carboxylic acids is 3. The van der Waals surface area contributed by atoms with Crippen molar-refractivity contribution >= 4 is 24.4 Å². The van der Waals surface area contributed by atoms with Crippen molar-refractivity contribution in [2.24, 2.45) is 5.73 Å². The topological polar surface area (TPSA) is 170 Å². The number of hydrogen-bond acceptors (Lipinski definition) is 11. The number of aliphatic carboxylic acids is 1. The zero-order valence-corrected chi connectivity index (χ0v) is 26.3. The second kappa shape index (κ2) is 15.8. The summed E-state index contributed by atoms with van der Waals surface area (Å²) < 4.78 is 32.4. The quantitative estimate of drug-likeness (QED) is 0.136. The molecule has 1 aromatic carbocycles. The van der Waals surface area contributed by atoms with Crippen molar-refractivity contribution in [1.82, 2.24) is 0 Å². The predicted octanol–water partition coefficient (Wildman–Crippen LogP) is 6.85. The number of rotatable bonds is 13. The summed E-state index contributed by atoms with van der Waals surface area (Å²) >= 11 is 0. The molecule has 1 fully saturated rings. The SMILES string of the molecule is CCC(C)(C)OC(=O)Oc1ccc(C(CC(C)OC(=O)OC2CCCCC2)[C@H](N)C(=O)O)cc1OC(=O)OC(C)(C)CC. The van der Waals surface area contributed by atoms with Gasteiger partial charge in [0.2, 0.25) is 0 Å². The highest BCUT2D eigenvalue weighted by molar-refractivity contribution is 5.75. The van der Waals surface area contributed by atoms with E-state index in [9.17, 15) is 24.3 Å². The van der Waals surface area contributed by atoms with Crippen molar-refractivity contribution in [3.05, 3.63) is 23.8 Å². The molecule has 0 bridgehead atoms. The molecule has 1 aliphatic carbocycles. The van der Waals surface area contributed by atoms with Crippen LogP contribution in [0, 0.1) is 0 Å². The van der Waals surface area contributed by atoms with Crippen molar-refractivity contribution in [1.29, 1.82) is 0 Å². The maximum Gasteiger partial charge on any atom is 0.514 e. The van der Waals surface area contributed by atoms with E-state index in [1.165, 1.54) is 18.2 Å². The van der Waals surface area contributed by atoms with Gasteiger partial charge in [-0.05, 0) is 97.3 Å². The Bertz CT molecular complexity index is 1110. The van der Waals surface area contributed by atoms with Crippen molar-refractivity contribution in [2.45, 2.75) is 135 Å². The van der Waals surface area contributed by atoms with Gasteiger partial charge in [-0.2, -0.15) is 0 Å². The van der Waals surface area contributed by atoms with Gasteiger partial charge < -0.3 is 39.3 Å². The molecule has 0 aromatic heterocycles. The summed E-state index contributed by atoms with van der Waals surface area (Å²) in [5.41, 5.74) is 4.75. The summed E-state index contributed by atoms with van der Waals surface area (Å²) in [7, 11) is 0. The molecule has 0 amide bonds. The molecule has 12 heteroatoms. The molecule has 1 aliphatic rings. The molecule has 1 saturated carbocycles. The molecule has 2 unspecified atom stereocenters. The van der Waals surface area contributed by atoms with Gasteiger partial charge in [0.1, 0.15) is 29.5 Å². The predicted molar refractivity (Wildman–Crippen MR) is 156 cm³/mol. The molecule has 0 saturated heterocycles. The van der Waals surface area contributed by atoms with Crippen molar-refractivity contribution in [2.75, 3.05) is 0 Å². The smallest absolute Gasteiger partial charge is 0.480 e. The maximum absolute atomic E-state index is 12.7. The van der Waals surface area contributed by atoms with Crippen LogP contribution in [0.5, 0.6) is 11.5 Å². The van der Waals surface area contributed by atoms with E-state index in [2.05, 4.69) is 0 Å². The highest BCUT2D eigenvalue weighted by Gasteiger charge is 2.32. The second-order valence-electron chi connectivity index (χ2n) is 12.1. The molecule has 0 radical (unpaired) electrons. The zero-order chi connectivity index (χ0) is 32.4. The van der Waals surface area contributed by atoms with Crippen molar-refractivity contribution in [3.63, 3.8) is 0 Å². The Morgan fingerprint density at radius 1 is 0.884 bits per heavy atom.